The SMILES string of the molecule is CCOC(=O)N/N=C(\C)c1cc(C(F)(F)F)cc(C(F)(F)F)c1. The van der Waals surface area contributed by atoms with Gasteiger partial charge in [-0.25, -0.2) is 10.2 Å². The van der Waals surface area contributed by atoms with Crippen molar-refractivity contribution < 1.29 is 35.9 Å². The minimum absolute atomic E-state index is 0.00948. The number of rotatable bonds is 3. The van der Waals surface area contributed by atoms with E-state index in [4.69, 9.17) is 0 Å². The van der Waals surface area contributed by atoms with Crippen LogP contribution in [0.4, 0.5) is 31.1 Å². The second kappa shape index (κ2) is 6.88. The van der Waals surface area contributed by atoms with Gasteiger partial charge in [0.15, 0.2) is 0 Å². The number of hydrogen-bond donors (Lipinski definition) is 1. The summed E-state index contributed by atoms with van der Waals surface area (Å²) in [5, 5.41) is 3.42. The Balaban J connectivity index is 3.24. The van der Waals surface area contributed by atoms with Gasteiger partial charge in [0, 0.05) is 0 Å². The molecule has 10 heteroatoms. The number of ether oxygens (including phenoxy) is 1. The Morgan fingerprint density at radius 3 is 1.96 bits per heavy atom. The smallest absolute Gasteiger partial charge is 0.427 e. The minimum atomic E-state index is -4.95. The molecule has 1 N–H and O–H groups in total. The van der Waals surface area contributed by atoms with E-state index in [9.17, 15) is 31.1 Å². The molecule has 23 heavy (non-hydrogen) atoms. The fourth-order valence-corrected chi connectivity index (χ4v) is 1.52. The van der Waals surface area contributed by atoms with Gasteiger partial charge in [0.1, 0.15) is 0 Å². The summed E-state index contributed by atoms with van der Waals surface area (Å²) in [7, 11) is 0. The summed E-state index contributed by atoms with van der Waals surface area (Å²) in [5.74, 6) is 0. The summed E-state index contributed by atoms with van der Waals surface area (Å²) in [6.07, 6.45) is -10.9. The Bertz CT molecular complexity index is 575. The highest BCUT2D eigenvalue weighted by Crippen LogP contribution is 2.36. The molecule has 0 spiro atoms. The molecular weight excluding hydrogens is 330 g/mol. The monoisotopic (exact) mass is 342 g/mol. The molecule has 1 aromatic carbocycles. The van der Waals surface area contributed by atoms with Crippen LogP contribution >= 0.6 is 0 Å². The van der Waals surface area contributed by atoms with E-state index in [0.29, 0.717) is 12.1 Å². The van der Waals surface area contributed by atoms with Gasteiger partial charge in [-0.15, -0.1) is 0 Å². The highest BCUT2D eigenvalue weighted by molar-refractivity contribution is 5.99. The number of alkyl halides is 6. The number of carbonyl (C=O) groups excluding carboxylic acids is 1. The standard InChI is InChI=1S/C13H12F6N2O2/c1-3-23-11(22)21-20-7(2)8-4-9(12(14,15)16)6-10(5-8)13(17,18)19/h4-6H,3H2,1-2H3,(H,21,22)/b20-7+. The highest BCUT2D eigenvalue weighted by Gasteiger charge is 2.37. The lowest BCUT2D eigenvalue weighted by Gasteiger charge is -2.14. The molecule has 0 aliphatic carbocycles. The van der Waals surface area contributed by atoms with Crippen molar-refractivity contribution in [2.45, 2.75) is 26.2 Å². The summed E-state index contributed by atoms with van der Waals surface area (Å²) >= 11 is 0. The van der Waals surface area contributed by atoms with Crippen molar-refractivity contribution in [3.8, 4) is 0 Å². The van der Waals surface area contributed by atoms with Crippen molar-refractivity contribution >= 4 is 11.8 Å². The zero-order chi connectivity index (χ0) is 17.8. The Hall–Kier alpha value is -2.26. The number of halogens is 6. The second-order valence-corrected chi connectivity index (χ2v) is 4.32. The molecule has 0 bridgehead atoms. The quantitative estimate of drug-likeness (QED) is 0.509. The van der Waals surface area contributed by atoms with E-state index in [2.05, 4.69) is 9.84 Å². The fourth-order valence-electron chi connectivity index (χ4n) is 1.52. The molecule has 0 radical (unpaired) electrons. The van der Waals surface area contributed by atoms with Crippen molar-refractivity contribution in [1.29, 1.82) is 0 Å². The number of nitrogens with one attached hydrogen (secondary N) is 1. The molecule has 0 atom stereocenters. The number of nitrogens with zero attached hydrogens (tertiary/aromatic N) is 1. The second-order valence-electron chi connectivity index (χ2n) is 4.32. The van der Waals surface area contributed by atoms with Crippen molar-refractivity contribution in [2.75, 3.05) is 6.61 Å². The molecule has 0 aliphatic rings. The molecule has 4 nitrogen and oxygen atoms in total. The molecule has 0 unspecified atom stereocenters. The van der Waals surface area contributed by atoms with Crippen LogP contribution in [0.3, 0.4) is 0 Å². The van der Waals surface area contributed by atoms with Crippen molar-refractivity contribution in [3.05, 3.63) is 34.9 Å². The van der Waals surface area contributed by atoms with Crippen LogP contribution in [0.1, 0.15) is 30.5 Å². The van der Waals surface area contributed by atoms with Gasteiger partial charge in [-0.2, -0.15) is 31.4 Å². The van der Waals surface area contributed by atoms with E-state index in [1.807, 2.05) is 5.43 Å². The van der Waals surface area contributed by atoms with E-state index in [1.165, 1.54) is 6.92 Å². The van der Waals surface area contributed by atoms with Crippen LogP contribution in [0.5, 0.6) is 0 Å². The molecule has 1 rings (SSSR count). The highest BCUT2D eigenvalue weighted by atomic mass is 19.4. The van der Waals surface area contributed by atoms with Crippen molar-refractivity contribution in [2.24, 2.45) is 5.10 Å². The summed E-state index contributed by atoms with van der Waals surface area (Å²) < 4.78 is 80.8. The predicted octanol–water partition coefficient (Wildman–Crippen LogP) is 4.19. The lowest BCUT2D eigenvalue weighted by molar-refractivity contribution is -0.143. The first-order valence-electron chi connectivity index (χ1n) is 6.22. The Kier molecular flexibility index (Phi) is 5.62. The lowest BCUT2D eigenvalue weighted by Crippen LogP contribution is -2.20. The fraction of sp³-hybridized carbons (Fsp3) is 0.385. The van der Waals surface area contributed by atoms with E-state index in [-0.39, 0.29) is 18.4 Å². The van der Waals surface area contributed by atoms with Gasteiger partial charge in [0.25, 0.3) is 0 Å². The van der Waals surface area contributed by atoms with Gasteiger partial charge in [-0.05, 0) is 37.6 Å². The lowest BCUT2D eigenvalue weighted by atomic mass is 10.0. The number of hydrazone groups is 1. The molecule has 0 saturated carbocycles. The number of carbonyl (C=O) groups is 1. The zero-order valence-corrected chi connectivity index (χ0v) is 12.0. The van der Waals surface area contributed by atoms with Crippen LogP contribution in [0, 0.1) is 0 Å². The average Bonchev–Trinajstić information content (AvgIpc) is 2.42. The molecule has 0 heterocycles. The molecule has 0 aliphatic heterocycles. The molecule has 1 amide bonds. The van der Waals surface area contributed by atoms with Gasteiger partial charge in [0.05, 0.1) is 23.4 Å². The third-order valence-corrected chi connectivity index (χ3v) is 2.60. The Morgan fingerprint density at radius 2 is 1.57 bits per heavy atom. The number of hydrogen-bond acceptors (Lipinski definition) is 3. The maximum Gasteiger partial charge on any atom is 0.427 e. The first-order valence-corrected chi connectivity index (χ1v) is 6.22. The summed E-state index contributed by atoms with van der Waals surface area (Å²) in [6, 6.07) is 1.04. The van der Waals surface area contributed by atoms with Gasteiger partial charge < -0.3 is 4.74 Å². The van der Waals surface area contributed by atoms with Gasteiger partial charge in [-0.1, -0.05) is 0 Å². The summed E-state index contributed by atoms with van der Waals surface area (Å²) in [5.41, 5.74) is -1.74. The molecule has 1 aromatic rings. The maximum atomic E-state index is 12.7. The Morgan fingerprint density at radius 1 is 1.09 bits per heavy atom. The van der Waals surface area contributed by atoms with Crippen LogP contribution in [0.25, 0.3) is 0 Å². The van der Waals surface area contributed by atoms with E-state index in [1.54, 1.807) is 0 Å². The van der Waals surface area contributed by atoms with Crippen LogP contribution in [0.2, 0.25) is 0 Å². The van der Waals surface area contributed by atoms with Gasteiger partial charge in [-0.3, -0.25) is 0 Å². The average molecular weight is 342 g/mol. The van der Waals surface area contributed by atoms with Crippen LogP contribution in [0.15, 0.2) is 23.3 Å². The maximum absolute atomic E-state index is 12.7. The zero-order valence-electron chi connectivity index (χ0n) is 12.0. The third-order valence-electron chi connectivity index (χ3n) is 2.60. The van der Waals surface area contributed by atoms with E-state index >= 15 is 0 Å². The largest absolute Gasteiger partial charge is 0.449 e. The summed E-state index contributed by atoms with van der Waals surface area (Å²) in [4.78, 5) is 11.0. The molecular formula is C13H12F6N2O2. The molecule has 128 valence electrons. The summed E-state index contributed by atoms with van der Waals surface area (Å²) in [6.45, 7) is 2.70. The van der Waals surface area contributed by atoms with Crippen LogP contribution in [-0.4, -0.2) is 18.4 Å². The first kappa shape index (κ1) is 18.8. The van der Waals surface area contributed by atoms with Crippen LogP contribution in [-0.2, 0) is 17.1 Å². The topological polar surface area (TPSA) is 50.7 Å². The predicted molar refractivity (Wildman–Crippen MR) is 68.8 cm³/mol. The number of benzene rings is 1. The third kappa shape index (κ3) is 5.46. The minimum Gasteiger partial charge on any atom is -0.449 e. The van der Waals surface area contributed by atoms with Crippen molar-refractivity contribution in [3.63, 3.8) is 0 Å². The van der Waals surface area contributed by atoms with Gasteiger partial charge >= 0.3 is 18.4 Å². The number of amides is 1. The molecule has 0 aromatic heterocycles. The van der Waals surface area contributed by atoms with E-state index in [0.717, 1.165) is 6.92 Å². The molecule has 0 fully saturated rings. The normalized spacial score (nSPS) is 13.0. The Labute approximate surface area is 127 Å². The van der Waals surface area contributed by atoms with Gasteiger partial charge in [0.2, 0.25) is 0 Å². The first-order chi connectivity index (χ1) is 10.4. The van der Waals surface area contributed by atoms with E-state index < -0.39 is 35.1 Å². The van der Waals surface area contributed by atoms with Crippen molar-refractivity contribution in [1.82, 2.24) is 5.43 Å². The van der Waals surface area contributed by atoms with Crippen LogP contribution < -0.4 is 5.43 Å². The molecule has 0 saturated heterocycles.